The molecule has 0 saturated carbocycles. The van der Waals surface area contributed by atoms with E-state index >= 15 is 0 Å². The van der Waals surface area contributed by atoms with Crippen LogP contribution in [0.4, 0.5) is 0 Å². The Kier molecular flexibility index (Phi) is 8.00. The third kappa shape index (κ3) is 6.49. The molecule has 1 unspecified atom stereocenters. The lowest BCUT2D eigenvalue weighted by Crippen LogP contribution is -2.42. The lowest BCUT2D eigenvalue weighted by molar-refractivity contribution is -0.123. The number of rotatable bonds is 8. The lowest BCUT2D eigenvalue weighted by atomic mass is 9.97. The number of hydrogen-bond acceptors (Lipinski definition) is 3. The van der Waals surface area contributed by atoms with Gasteiger partial charge >= 0.3 is 0 Å². The second kappa shape index (κ2) is 10.00. The summed E-state index contributed by atoms with van der Waals surface area (Å²) >= 11 is 12.1. The molecule has 1 aromatic carbocycles. The van der Waals surface area contributed by atoms with Crippen LogP contribution in [0.25, 0.3) is 0 Å². The summed E-state index contributed by atoms with van der Waals surface area (Å²) in [5.74, 6) is -0.242. The van der Waals surface area contributed by atoms with Crippen molar-refractivity contribution in [1.82, 2.24) is 10.2 Å². The quantitative estimate of drug-likeness (QED) is 0.675. The number of likely N-dealkylation sites (tertiary alicyclic amines) is 1. The molecule has 7 heteroatoms. The van der Waals surface area contributed by atoms with E-state index in [9.17, 15) is 9.59 Å². The number of halogens is 2. The molecule has 1 aliphatic rings. The minimum Gasteiger partial charge on any atom is -0.369 e. The van der Waals surface area contributed by atoms with Gasteiger partial charge in [0.2, 0.25) is 11.8 Å². The van der Waals surface area contributed by atoms with Crippen molar-refractivity contribution in [2.45, 2.75) is 32.1 Å². The Bertz CT molecular complexity index is 610. The summed E-state index contributed by atoms with van der Waals surface area (Å²) in [5.41, 5.74) is 6.27. The summed E-state index contributed by atoms with van der Waals surface area (Å²) in [6, 6.07) is 5.45. The monoisotopic (exact) mass is 385 g/mol. The fourth-order valence-electron chi connectivity index (χ4n) is 3.10. The molecule has 5 nitrogen and oxygen atoms in total. The average molecular weight is 386 g/mol. The standard InChI is InChI=1S/C18H25Cl2N3O2/c19-15-6-1-4-13(17(15)20)7-8-16(24)22-9-3-11-23-10-2-5-14(12-23)18(21)25/h1,4,6,14H,2-3,5,7-12H2,(H2,21,25)(H,22,24). The second-order valence-corrected chi connectivity index (χ2v) is 7.24. The van der Waals surface area contributed by atoms with Gasteiger partial charge in [0.1, 0.15) is 0 Å². The fourth-order valence-corrected chi connectivity index (χ4v) is 3.51. The number of nitrogens with one attached hydrogen (secondary N) is 1. The first-order chi connectivity index (χ1) is 12.0. The molecule has 1 heterocycles. The van der Waals surface area contributed by atoms with E-state index in [-0.39, 0.29) is 17.7 Å². The predicted molar refractivity (Wildman–Crippen MR) is 101 cm³/mol. The Labute approximate surface area is 158 Å². The number of piperidine rings is 1. The van der Waals surface area contributed by atoms with Crippen molar-refractivity contribution in [3.8, 4) is 0 Å². The number of aryl methyl sites for hydroxylation is 1. The molecule has 138 valence electrons. The van der Waals surface area contributed by atoms with E-state index in [1.807, 2.05) is 12.1 Å². The maximum absolute atomic E-state index is 11.9. The zero-order valence-electron chi connectivity index (χ0n) is 14.3. The number of carbonyl (C=O) groups excluding carboxylic acids is 2. The summed E-state index contributed by atoms with van der Waals surface area (Å²) in [6.07, 6.45) is 3.69. The first-order valence-corrected chi connectivity index (χ1v) is 9.44. The third-order valence-electron chi connectivity index (χ3n) is 4.53. The Morgan fingerprint density at radius 2 is 2.12 bits per heavy atom. The maximum atomic E-state index is 11.9. The van der Waals surface area contributed by atoms with Crippen LogP contribution < -0.4 is 11.1 Å². The van der Waals surface area contributed by atoms with E-state index in [0.29, 0.717) is 29.4 Å². The van der Waals surface area contributed by atoms with Crippen LogP contribution in [0.3, 0.4) is 0 Å². The average Bonchev–Trinajstić information content (AvgIpc) is 2.60. The van der Waals surface area contributed by atoms with Gasteiger partial charge in [-0.1, -0.05) is 35.3 Å². The molecule has 1 saturated heterocycles. The van der Waals surface area contributed by atoms with Gasteiger partial charge in [-0.05, 0) is 50.4 Å². The molecule has 1 fully saturated rings. The predicted octanol–water partition coefficient (Wildman–Crippen LogP) is 2.63. The van der Waals surface area contributed by atoms with Crippen molar-refractivity contribution in [3.63, 3.8) is 0 Å². The Morgan fingerprint density at radius 3 is 2.88 bits per heavy atom. The lowest BCUT2D eigenvalue weighted by Gasteiger charge is -2.31. The summed E-state index contributed by atoms with van der Waals surface area (Å²) in [7, 11) is 0. The highest BCUT2D eigenvalue weighted by Crippen LogP contribution is 2.26. The van der Waals surface area contributed by atoms with Gasteiger partial charge in [0.05, 0.1) is 16.0 Å². The van der Waals surface area contributed by atoms with E-state index in [1.54, 1.807) is 6.07 Å². The normalized spacial score (nSPS) is 18.1. The van der Waals surface area contributed by atoms with Crippen LogP contribution in [0.2, 0.25) is 10.0 Å². The Hall–Kier alpha value is -1.30. The van der Waals surface area contributed by atoms with Crippen molar-refractivity contribution < 1.29 is 9.59 Å². The van der Waals surface area contributed by atoms with Crippen LogP contribution in [0.5, 0.6) is 0 Å². The first kappa shape index (κ1) is 20.0. The largest absolute Gasteiger partial charge is 0.369 e. The van der Waals surface area contributed by atoms with Crippen LogP contribution in [0, 0.1) is 5.92 Å². The molecule has 0 radical (unpaired) electrons. The number of nitrogens with two attached hydrogens (primary N) is 1. The molecule has 1 atom stereocenters. The van der Waals surface area contributed by atoms with Gasteiger partial charge < -0.3 is 16.0 Å². The van der Waals surface area contributed by atoms with Crippen molar-refractivity contribution >= 4 is 35.0 Å². The van der Waals surface area contributed by atoms with Crippen molar-refractivity contribution in [2.75, 3.05) is 26.2 Å². The maximum Gasteiger partial charge on any atom is 0.221 e. The number of primary amides is 1. The molecule has 3 N–H and O–H groups in total. The highest BCUT2D eigenvalue weighted by molar-refractivity contribution is 6.42. The summed E-state index contributed by atoms with van der Waals surface area (Å²) in [4.78, 5) is 25.5. The molecular formula is C18H25Cl2N3O2. The van der Waals surface area contributed by atoms with Crippen molar-refractivity contribution in [2.24, 2.45) is 11.7 Å². The molecule has 25 heavy (non-hydrogen) atoms. The van der Waals surface area contributed by atoms with Crippen molar-refractivity contribution in [3.05, 3.63) is 33.8 Å². The number of hydrogen-bond donors (Lipinski definition) is 2. The van der Waals surface area contributed by atoms with Crippen LogP contribution in [-0.2, 0) is 16.0 Å². The van der Waals surface area contributed by atoms with Crippen LogP contribution >= 0.6 is 23.2 Å². The van der Waals surface area contributed by atoms with E-state index in [2.05, 4.69) is 10.2 Å². The smallest absolute Gasteiger partial charge is 0.221 e. The molecule has 2 rings (SSSR count). The molecule has 0 spiro atoms. The Morgan fingerprint density at radius 1 is 1.32 bits per heavy atom. The van der Waals surface area contributed by atoms with Gasteiger partial charge in [0, 0.05) is 19.5 Å². The minimum absolute atomic E-state index is 0.00435. The summed E-state index contributed by atoms with van der Waals surface area (Å²) < 4.78 is 0. The highest BCUT2D eigenvalue weighted by atomic mass is 35.5. The molecular weight excluding hydrogens is 361 g/mol. The SMILES string of the molecule is NC(=O)C1CCCN(CCCNC(=O)CCc2cccc(Cl)c2Cl)C1. The molecule has 1 aromatic rings. The van der Waals surface area contributed by atoms with Gasteiger partial charge in [0.15, 0.2) is 0 Å². The molecule has 2 amide bonds. The number of benzene rings is 1. The van der Waals surface area contributed by atoms with Crippen LogP contribution in [-0.4, -0.2) is 42.9 Å². The summed E-state index contributed by atoms with van der Waals surface area (Å²) in [5, 5.41) is 3.96. The third-order valence-corrected chi connectivity index (χ3v) is 5.39. The zero-order chi connectivity index (χ0) is 18.2. The molecule has 1 aliphatic heterocycles. The van der Waals surface area contributed by atoms with Gasteiger partial charge in [-0.25, -0.2) is 0 Å². The van der Waals surface area contributed by atoms with Crippen molar-refractivity contribution in [1.29, 1.82) is 0 Å². The highest BCUT2D eigenvalue weighted by Gasteiger charge is 2.23. The van der Waals surface area contributed by atoms with E-state index in [0.717, 1.165) is 44.5 Å². The van der Waals surface area contributed by atoms with Crippen LogP contribution in [0.15, 0.2) is 18.2 Å². The topological polar surface area (TPSA) is 75.4 Å². The van der Waals surface area contributed by atoms with E-state index in [4.69, 9.17) is 28.9 Å². The number of carbonyl (C=O) groups is 2. The van der Waals surface area contributed by atoms with E-state index in [1.165, 1.54) is 0 Å². The fraction of sp³-hybridized carbons (Fsp3) is 0.556. The molecule has 0 aromatic heterocycles. The molecule has 0 aliphatic carbocycles. The molecule has 0 bridgehead atoms. The summed E-state index contributed by atoms with van der Waals surface area (Å²) in [6.45, 7) is 3.21. The Balaban J connectivity index is 1.62. The zero-order valence-corrected chi connectivity index (χ0v) is 15.8. The minimum atomic E-state index is -0.210. The van der Waals surface area contributed by atoms with Crippen LogP contribution in [0.1, 0.15) is 31.2 Å². The number of nitrogens with zero attached hydrogens (tertiary/aromatic N) is 1. The van der Waals surface area contributed by atoms with Gasteiger partial charge in [-0.15, -0.1) is 0 Å². The van der Waals surface area contributed by atoms with E-state index < -0.39 is 0 Å². The second-order valence-electron chi connectivity index (χ2n) is 6.46. The van der Waals surface area contributed by atoms with Gasteiger partial charge in [-0.3, -0.25) is 9.59 Å². The first-order valence-electron chi connectivity index (χ1n) is 8.68. The van der Waals surface area contributed by atoms with Gasteiger partial charge in [-0.2, -0.15) is 0 Å². The van der Waals surface area contributed by atoms with Gasteiger partial charge in [0.25, 0.3) is 0 Å². The number of amides is 2.